The van der Waals surface area contributed by atoms with Crippen molar-refractivity contribution in [1.29, 1.82) is 0 Å². The average Bonchev–Trinajstić information content (AvgIpc) is 2.99. The van der Waals surface area contributed by atoms with Gasteiger partial charge in [0.05, 0.1) is 4.90 Å². The number of nitrogens with two attached hydrogens (primary N) is 1. The van der Waals surface area contributed by atoms with Crippen LogP contribution in [-0.2, 0) is 21.4 Å². The number of carbonyl (C=O) groups excluding carboxylic acids is 2. The second-order valence-corrected chi connectivity index (χ2v) is 7.71. The molecule has 1 heterocycles. The van der Waals surface area contributed by atoms with Crippen LogP contribution in [0.5, 0.6) is 0 Å². The van der Waals surface area contributed by atoms with Crippen LogP contribution < -0.4 is 10.5 Å². The molecule has 1 fully saturated rings. The van der Waals surface area contributed by atoms with Gasteiger partial charge in [-0.05, 0) is 42.3 Å². The van der Waals surface area contributed by atoms with Crippen LogP contribution in [0.15, 0.2) is 53.4 Å². The number of benzene rings is 2. The summed E-state index contributed by atoms with van der Waals surface area (Å²) < 4.78 is 22.8. The van der Waals surface area contributed by atoms with Crippen molar-refractivity contribution in [2.24, 2.45) is 5.14 Å². The Bertz CT molecular complexity index is 956. The number of likely N-dealkylation sites (tertiary alicyclic amines) is 1. The van der Waals surface area contributed by atoms with E-state index < -0.39 is 10.0 Å². The molecule has 26 heavy (non-hydrogen) atoms. The first-order chi connectivity index (χ1) is 12.3. The van der Waals surface area contributed by atoms with Crippen LogP contribution in [0.1, 0.15) is 28.8 Å². The Labute approximate surface area is 151 Å². The Morgan fingerprint density at radius 1 is 1.15 bits per heavy atom. The van der Waals surface area contributed by atoms with Gasteiger partial charge in [0.2, 0.25) is 15.9 Å². The SMILES string of the molecule is NS(=O)(=O)c1cccc(NC(=O)c2cccc(CN3CCCC3=O)c2)c1. The van der Waals surface area contributed by atoms with E-state index in [1.54, 1.807) is 29.2 Å². The van der Waals surface area contributed by atoms with Gasteiger partial charge in [0.1, 0.15) is 0 Å². The number of anilines is 1. The van der Waals surface area contributed by atoms with Crippen molar-refractivity contribution in [1.82, 2.24) is 4.90 Å². The summed E-state index contributed by atoms with van der Waals surface area (Å²) in [6.07, 6.45) is 1.43. The summed E-state index contributed by atoms with van der Waals surface area (Å²) in [7, 11) is -3.84. The van der Waals surface area contributed by atoms with Crippen LogP contribution in [0.25, 0.3) is 0 Å². The van der Waals surface area contributed by atoms with Crippen LogP contribution in [0.4, 0.5) is 5.69 Å². The first kappa shape index (κ1) is 18.1. The summed E-state index contributed by atoms with van der Waals surface area (Å²) in [6.45, 7) is 1.20. The molecule has 0 spiro atoms. The molecule has 8 heteroatoms. The molecular formula is C18H19N3O4S. The number of rotatable bonds is 5. The van der Waals surface area contributed by atoms with E-state index in [1.807, 2.05) is 6.07 Å². The summed E-state index contributed by atoms with van der Waals surface area (Å²) in [4.78, 5) is 25.9. The molecule has 2 amide bonds. The Morgan fingerprint density at radius 3 is 2.62 bits per heavy atom. The molecule has 1 aliphatic heterocycles. The van der Waals surface area contributed by atoms with Gasteiger partial charge < -0.3 is 10.2 Å². The molecule has 0 radical (unpaired) electrons. The van der Waals surface area contributed by atoms with Crippen LogP contribution in [0.3, 0.4) is 0 Å². The molecule has 136 valence electrons. The van der Waals surface area contributed by atoms with Gasteiger partial charge in [-0.15, -0.1) is 0 Å². The summed E-state index contributed by atoms with van der Waals surface area (Å²) in [6, 6.07) is 12.8. The lowest BCUT2D eigenvalue weighted by Gasteiger charge is -2.16. The van der Waals surface area contributed by atoms with Gasteiger partial charge in [-0.3, -0.25) is 9.59 Å². The molecule has 3 rings (SSSR count). The second kappa shape index (κ2) is 7.27. The van der Waals surface area contributed by atoms with E-state index in [1.165, 1.54) is 18.2 Å². The van der Waals surface area contributed by atoms with E-state index >= 15 is 0 Å². The van der Waals surface area contributed by atoms with Crippen molar-refractivity contribution in [3.8, 4) is 0 Å². The number of hydrogen-bond donors (Lipinski definition) is 2. The quantitative estimate of drug-likeness (QED) is 0.831. The molecule has 2 aromatic rings. The van der Waals surface area contributed by atoms with Crippen LogP contribution in [0, 0.1) is 0 Å². The monoisotopic (exact) mass is 373 g/mol. The summed E-state index contributed by atoms with van der Waals surface area (Å²) >= 11 is 0. The minimum Gasteiger partial charge on any atom is -0.338 e. The molecule has 0 unspecified atom stereocenters. The average molecular weight is 373 g/mol. The van der Waals surface area contributed by atoms with Gasteiger partial charge in [-0.25, -0.2) is 13.6 Å². The second-order valence-electron chi connectivity index (χ2n) is 6.15. The standard InChI is InChI=1S/C18H19N3O4S/c19-26(24,25)16-7-2-6-15(11-16)20-18(23)14-5-1-4-13(10-14)12-21-9-3-8-17(21)22/h1-2,4-7,10-11H,3,8-9,12H2,(H,20,23)(H2,19,24,25). The summed E-state index contributed by atoms with van der Waals surface area (Å²) in [5, 5.41) is 7.76. The highest BCUT2D eigenvalue weighted by molar-refractivity contribution is 7.89. The van der Waals surface area contributed by atoms with Gasteiger partial charge in [0.15, 0.2) is 0 Å². The lowest BCUT2D eigenvalue weighted by molar-refractivity contribution is -0.128. The lowest BCUT2D eigenvalue weighted by atomic mass is 10.1. The highest BCUT2D eigenvalue weighted by atomic mass is 32.2. The van der Waals surface area contributed by atoms with E-state index in [2.05, 4.69) is 5.32 Å². The number of amides is 2. The molecule has 0 aliphatic carbocycles. The predicted octanol–water partition coefficient (Wildman–Crippen LogP) is 1.71. The number of sulfonamides is 1. The fraction of sp³-hybridized carbons (Fsp3) is 0.222. The molecular weight excluding hydrogens is 354 g/mol. The van der Waals surface area contributed by atoms with Crippen LogP contribution in [-0.4, -0.2) is 31.7 Å². The normalized spacial score (nSPS) is 14.5. The molecule has 3 N–H and O–H groups in total. The molecule has 0 atom stereocenters. The molecule has 1 aliphatic rings. The van der Waals surface area contributed by atoms with Crippen molar-refractivity contribution >= 4 is 27.5 Å². The molecule has 0 bridgehead atoms. The van der Waals surface area contributed by atoms with E-state index in [4.69, 9.17) is 5.14 Å². The smallest absolute Gasteiger partial charge is 0.255 e. The fourth-order valence-electron chi connectivity index (χ4n) is 2.86. The van der Waals surface area contributed by atoms with Crippen LogP contribution >= 0.6 is 0 Å². The maximum absolute atomic E-state index is 12.5. The molecule has 0 saturated carbocycles. The van der Waals surface area contributed by atoms with Crippen LogP contribution in [0.2, 0.25) is 0 Å². The number of hydrogen-bond acceptors (Lipinski definition) is 4. The first-order valence-electron chi connectivity index (χ1n) is 8.14. The van der Waals surface area contributed by atoms with Crippen molar-refractivity contribution in [3.63, 3.8) is 0 Å². The van der Waals surface area contributed by atoms with Gasteiger partial charge in [0, 0.05) is 30.8 Å². The van der Waals surface area contributed by atoms with Crippen molar-refractivity contribution in [3.05, 3.63) is 59.7 Å². The number of primary sulfonamides is 1. The van der Waals surface area contributed by atoms with E-state index in [9.17, 15) is 18.0 Å². The molecule has 2 aromatic carbocycles. The molecule has 1 saturated heterocycles. The zero-order valence-electron chi connectivity index (χ0n) is 14.0. The predicted molar refractivity (Wildman–Crippen MR) is 96.9 cm³/mol. The highest BCUT2D eigenvalue weighted by Gasteiger charge is 2.20. The minimum atomic E-state index is -3.84. The maximum atomic E-state index is 12.5. The third-order valence-electron chi connectivity index (χ3n) is 4.15. The molecule has 0 aromatic heterocycles. The summed E-state index contributed by atoms with van der Waals surface area (Å²) in [5.74, 6) is -0.245. The number of nitrogens with one attached hydrogen (secondary N) is 1. The third kappa shape index (κ3) is 4.27. The van der Waals surface area contributed by atoms with Crippen molar-refractivity contribution < 1.29 is 18.0 Å². The van der Waals surface area contributed by atoms with E-state index in [0.717, 1.165) is 18.5 Å². The van der Waals surface area contributed by atoms with Gasteiger partial charge >= 0.3 is 0 Å². The third-order valence-corrected chi connectivity index (χ3v) is 5.07. The minimum absolute atomic E-state index is 0.0726. The Hall–Kier alpha value is -2.71. The largest absolute Gasteiger partial charge is 0.338 e. The zero-order valence-corrected chi connectivity index (χ0v) is 14.8. The number of nitrogens with zero attached hydrogens (tertiary/aromatic N) is 1. The van der Waals surface area contributed by atoms with Gasteiger partial charge in [-0.2, -0.15) is 0 Å². The topological polar surface area (TPSA) is 110 Å². The van der Waals surface area contributed by atoms with Gasteiger partial charge in [-0.1, -0.05) is 18.2 Å². The van der Waals surface area contributed by atoms with Gasteiger partial charge in [0.25, 0.3) is 5.91 Å². The highest BCUT2D eigenvalue weighted by Crippen LogP contribution is 2.17. The number of carbonyl (C=O) groups is 2. The Morgan fingerprint density at radius 2 is 1.92 bits per heavy atom. The maximum Gasteiger partial charge on any atom is 0.255 e. The molecule has 7 nitrogen and oxygen atoms in total. The zero-order chi connectivity index (χ0) is 18.7. The first-order valence-corrected chi connectivity index (χ1v) is 9.68. The van der Waals surface area contributed by atoms with E-state index in [-0.39, 0.29) is 16.7 Å². The van der Waals surface area contributed by atoms with E-state index in [0.29, 0.717) is 24.2 Å². The summed E-state index contributed by atoms with van der Waals surface area (Å²) in [5.41, 5.74) is 1.63. The lowest BCUT2D eigenvalue weighted by Crippen LogP contribution is -2.24. The Balaban J connectivity index is 1.74. The fourth-order valence-corrected chi connectivity index (χ4v) is 3.42. The Kier molecular flexibility index (Phi) is 5.06. The van der Waals surface area contributed by atoms with Crippen molar-refractivity contribution in [2.45, 2.75) is 24.3 Å². The van der Waals surface area contributed by atoms with Crippen molar-refractivity contribution in [2.75, 3.05) is 11.9 Å².